The number of nitrogen functional groups attached to an aromatic ring is 1. The molecule has 4 heteroatoms. The topological polar surface area (TPSA) is 59.1 Å². The number of nitrogens with two attached hydrogens (primary N) is 1. The Morgan fingerprint density at radius 2 is 2.20 bits per heavy atom. The van der Waals surface area contributed by atoms with Gasteiger partial charge in [-0.2, -0.15) is 0 Å². The van der Waals surface area contributed by atoms with Gasteiger partial charge >= 0.3 is 0 Å². The molecule has 0 spiro atoms. The highest BCUT2D eigenvalue weighted by Crippen LogP contribution is 2.31. The first-order valence-electron chi connectivity index (χ1n) is 4.97. The minimum atomic E-state index is 0.0749. The van der Waals surface area contributed by atoms with Gasteiger partial charge < -0.3 is 10.5 Å². The van der Waals surface area contributed by atoms with Crippen molar-refractivity contribution in [2.75, 3.05) is 0 Å². The molecule has 1 saturated carbocycles. The van der Waals surface area contributed by atoms with Crippen molar-refractivity contribution in [1.82, 2.24) is 0 Å². The quantitative estimate of drug-likeness (QED) is 0.654. The Kier molecular flexibility index (Phi) is 2.95. The third-order valence-corrected chi connectivity index (χ3v) is 3.21. The molecule has 0 aromatic heterocycles. The molecule has 2 rings (SSSR count). The highest BCUT2D eigenvalue weighted by molar-refractivity contribution is 9.10. The first-order chi connectivity index (χ1) is 7.16. The third kappa shape index (κ3) is 2.31. The number of hydrogen-bond acceptors (Lipinski definition) is 2. The monoisotopic (exact) mass is 268 g/mol. The zero-order valence-electron chi connectivity index (χ0n) is 8.29. The van der Waals surface area contributed by atoms with E-state index in [-0.39, 0.29) is 5.84 Å². The molecule has 1 fully saturated rings. The third-order valence-electron chi connectivity index (χ3n) is 2.59. The van der Waals surface area contributed by atoms with Crippen LogP contribution >= 0.6 is 15.9 Å². The Labute approximate surface area is 97.3 Å². The van der Waals surface area contributed by atoms with Crippen molar-refractivity contribution in [3.05, 3.63) is 28.2 Å². The second-order valence-corrected chi connectivity index (χ2v) is 4.58. The largest absolute Gasteiger partial charge is 0.489 e. The number of hydrogen-bond donors (Lipinski definition) is 2. The summed E-state index contributed by atoms with van der Waals surface area (Å²) in [6, 6.07) is 5.48. The molecule has 1 aromatic carbocycles. The molecule has 3 N–H and O–H groups in total. The number of ether oxygens (including phenoxy) is 1. The maximum Gasteiger partial charge on any atom is 0.133 e. The molecule has 0 bridgehead atoms. The van der Waals surface area contributed by atoms with Crippen molar-refractivity contribution >= 4 is 21.8 Å². The van der Waals surface area contributed by atoms with Crippen LogP contribution < -0.4 is 10.5 Å². The molecule has 0 aliphatic heterocycles. The van der Waals surface area contributed by atoms with Gasteiger partial charge in [-0.05, 0) is 53.4 Å². The fraction of sp³-hybridized carbons (Fsp3) is 0.364. The van der Waals surface area contributed by atoms with Gasteiger partial charge in [0.25, 0.3) is 0 Å². The van der Waals surface area contributed by atoms with Crippen LogP contribution in [0.25, 0.3) is 0 Å². The van der Waals surface area contributed by atoms with E-state index in [1.807, 2.05) is 12.1 Å². The molecule has 3 nitrogen and oxygen atoms in total. The van der Waals surface area contributed by atoms with Crippen molar-refractivity contribution in [1.29, 1.82) is 5.41 Å². The van der Waals surface area contributed by atoms with Crippen LogP contribution in [0, 0.1) is 5.41 Å². The summed E-state index contributed by atoms with van der Waals surface area (Å²) < 4.78 is 6.62. The van der Waals surface area contributed by atoms with Crippen molar-refractivity contribution in [3.63, 3.8) is 0 Å². The summed E-state index contributed by atoms with van der Waals surface area (Å²) in [6.07, 6.45) is 3.90. The lowest BCUT2D eigenvalue weighted by atomic mass is 9.96. The van der Waals surface area contributed by atoms with Crippen LogP contribution in [0.2, 0.25) is 0 Å². The van der Waals surface area contributed by atoms with Gasteiger partial charge in [0, 0.05) is 5.56 Å². The average Bonchev–Trinajstić information content (AvgIpc) is 2.12. The molecular weight excluding hydrogens is 256 g/mol. The van der Waals surface area contributed by atoms with Crippen LogP contribution in [0.3, 0.4) is 0 Å². The van der Waals surface area contributed by atoms with Crippen LogP contribution in [0.1, 0.15) is 24.8 Å². The fourth-order valence-corrected chi connectivity index (χ4v) is 1.90. The van der Waals surface area contributed by atoms with Crippen LogP contribution in [0.4, 0.5) is 0 Å². The second-order valence-electron chi connectivity index (χ2n) is 3.73. The van der Waals surface area contributed by atoms with Crippen molar-refractivity contribution in [3.8, 4) is 5.75 Å². The molecule has 1 aliphatic rings. The van der Waals surface area contributed by atoms with E-state index in [0.29, 0.717) is 11.7 Å². The number of rotatable bonds is 3. The number of benzene rings is 1. The molecule has 1 aromatic rings. The zero-order chi connectivity index (χ0) is 10.8. The lowest BCUT2D eigenvalue weighted by Crippen LogP contribution is -2.24. The molecule has 0 unspecified atom stereocenters. The van der Waals surface area contributed by atoms with E-state index in [0.717, 1.165) is 23.1 Å². The highest BCUT2D eigenvalue weighted by Gasteiger charge is 2.20. The van der Waals surface area contributed by atoms with Gasteiger partial charge in [-0.1, -0.05) is 0 Å². The van der Waals surface area contributed by atoms with E-state index in [1.54, 1.807) is 6.07 Å². The minimum absolute atomic E-state index is 0.0749. The van der Waals surface area contributed by atoms with E-state index in [2.05, 4.69) is 15.9 Å². The Bertz CT molecular complexity index is 388. The van der Waals surface area contributed by atoms with Crippen LogP contribution in [0.15, 0.2) is 22.7 Å². The number of amidine groups is 1. The first-order valence-corrected chi connectivity index (χ1v) is 5.77. The Morgan fingerprint density at radius 3 is 2.67 bits per heavy atom. The summed E-state index contributed by atoms with van der Waals surface area (Å²) in [4.78, 5) is 0. The summed E-state index contributed by atoms with van der Waals surface area (Å²) in [6.45, 7) is 0. The molecule has 0 amide bonds. The van der Waals surface area contributed by atoms with Crippen LogP contribution in [-0.4, -0.2) is 11.9 Å². The van der Waals surface area contributed by atoms with Gasteiger partial charge in [0.05, 0.1) is 10.6 Å². The lowest BCUT2D eigenvalue weighted by molar-refractivity contribution is 0.119. The SMILES string of the molecule is N=C(N)c1ccc(OC2CCC2)c(Br)c1. The molecule has 0 atom stereocenters. The second kappa shape index (κ2) is 4.23. The lowest BCUT2D eigenvalue weighted by Gasteiger charge is -2.26. The summed E-state index contributed by atoms with van der Waals surface area (Å²) in [5.41, 5.74) is 6.10. The predicted octanol–water partition coefficient (Wildman–Crippen LogP) is 2.66. The maximum absolute atomic E-state index is 7.31. The van der Waals surface area contributed by atoms with Crippen LogP contribution in [0.5, 0.6) is 5.75 Å². The van der Waals surface area contributed by atoms with E-state index in [9.17, 15) is 0 Å². The Morgan fingerprint density at radius 1 is 1.47 bits per heavy atom. The van der Waals surface area contributed by atoms with E-state index in [4.69, 9.17) is 15.9 Å². The fourth-order valence-electron chi connectivity index (χ4n) is 1.43. The van der Waals surface area contributed by atoms with Crippen molar-refractivity contribution in [2.45, 2.75) is 25.4 Å². The normalized spacial score (nSPS) is 15.8. The first kappa shape index (κ1) is 10.5. The highest BCUT2D eigenvalue weighted by atomic mass is 79.9. The van der Waals surface area contributed by atoms with E-state index in [1.165, 1.54) is 6.42 Å². The standard InChI is InChI=1S/C11H13BrN2O/c12-9-6-7(11(13)14)4-5-10(9)15-8-2-1-3-8/h4-6,8H,1-3H2,(H3,13,14). The molecule has 80 valence electrons. The van der Waals surface area contributed by atoms with Gasteiger partial charge in [0.15, 0.2) is 0 Å². The van der Waals surface area contributed by atoms with E-state index >= 15 is 0 Å². The van der Waals surface area contributed by atoms with Gasteiger partial charge in [-0.3, -0.25) is 5.41 Å². The van der Waals surface area contributed by atoms with Crippen molar-refractivity contribution in [2.24, 2.45) is 5.73 Å². The van der Waals surface area contributed by atoms with Crippen LogP contribution in [-0.2, 0) is 0 Å². The maximum atomic E-state index is 7.31. The molecule has 0 radical (unpaired) electrons. The molecule has 0 heterocycles. The van der Waals surface area contributed by atoms with Gasteiger partial charge in [-0.25, -0.2) is 0 Å². The Balaban J connectivity index is 2.14. The van der Waals surface area contributed by atoms with Crippen molar-refractivity contribution < 1.29 is 4.74 Å². The van der Waals surface area contributed by atoms with E-state index < -0.39 is 0 Å². The van der Waals surface area contributed by atoms with Gasteiger partial charge in [0.1, 0.15) is 11.6 Å². The van der Waals surface area contributed by atoms with Gasteiger partial charge in [0.2, 0.25) is 0 Å². The smallest absolute Gasteiger partial charge is 0.133 e. The molecule has 1 aliphatic carbocycles. The summed E-state index contributed by atoms with van der Waals surface area (Å²) >= 11 is 3.42. The summed E-state index contributed by atoms with van der Waals surface area (Å²) in [7, 11) is 0. The molecule has 0 saturated heterocycles. The summed E-state index contributed by atoms with van der Waals surface area (Å²) in [5, 5.41) is 7.31. The molecular formula is C11H13BrN2O. The number of halogens is 1. The predicted molar refractivity (Wildman–Crippen MR) is 63.4 cm³/mol. The zero-order valence-corrected chi connectivity index (χ0v) is 9.88. The van der Waals surface area contributed by atoms with Gasteiger partial charge in [-0.15, -0.1) is 0 Å². The minimum Gasteiger partial charge on any atom is -0.489 e. The summed E-state index contributed by atoms with van der Waals surface area (Å²) in [5.74, 6) is 0.913. The Hall–Kier alpha value is -1.03. The number of nitrogens with one attached hydrogen (secondary N) is 1. The average molecular weight is 269 g/mol. The molecule has 15 heavy (non-hydrogen) atoms.